The van der Waals surface area contributed by atoms with Crippen LogP contribution in [0, 0.1) is 0 Å². The van der Waals surface area contributed by atoms with Crippen molar-refractivity contribution < 1.29 is 8.42 Å². The Labute approximate surface area is 129 Å². The molecule has 0 aliphatic heterocycles. The Balaban J connectivity index is 2.21. The van der Waals surface area contributed by atoms with Gasteiger partial charge in [0.2, 0.25) is 0 Å². The summed E-state index contributed by atoms with van der Waals surface area (Å²) in [5, 5.41) is 3.00. The lowest BCUT2D eigenvalue weighted by molar-refractivity contribution is 0.597. The van der Waals surface area contributed by atoms with Crippen LogP contribution in [0.2, 0.25) is 0 Å². The molecule has 21 heavy (non-hydrogen) atoms. The van der Waals surface area contributed by atoms with Crippen LogP contribution in [0.5, 0.6) is 0 Å². The number of anilines is 1. The zero-order valence-electron chi connectivity index (χ0n) is 11.8. The van der Waals surface area contributed by atoms with Crippen molar-refractivity contribution >= 4 is 27.5 Å². The predicted molar refractivity (Wildman–Crippen MR) is 86.0 cm³/mol. The number of rotatable bonds is 6. The smallest absolute Gasteiger partial charge is 0.279 e. The number of nitrogens with zero attached hydrogens (tertiary/aromatic N) is 1. The summed E-state index contributed by atoms with van der Waals surface area (Å²) in [5.41, 5.74) is 1.46. The van der Waals surface area contributed by atoms with E-state index in [0.717, 1.165) is 10.5 Å². The van der Waals surface area contributed by atoms with Crippen molar-refractivity contribution in [3.8, 4) is 0 Å². The van der Waals surface area contributed by atoms with E-state index in [-0.39, 0.29) is 5.03 Å². The second-order valence-corrected chi connectivity index (χ2v) is 6.88. The van der Waals surface area contributed by atoms with E-state index in [2.05, 4.69) is 15.0 Å². The average Bonchev–Trinajstić information content (AvgIpc) is 2.48. The molecule has 0 aliphatic carbocycles. The second kappa shape index (κ2) is 6.93. The molecule has 7 heteroatoms. The fourth-order valence-corrected chi connectivity index (χ4v) is 3.21. The molecule has 2 N–H and O–H groups in total. The van der Waals surface area contributed by atoms with E-state index in [4.69, 9.17) is 0 Å². The lowest BCUT2D eigenvalue weighted by Gasteiger charge is -2.09. The van der Waals surface area contributed by atoms with Crippen LogP contribution in [-0.2, 0) is 16.6 Å². The number of pyridine rings is 1. The van der Waals surface area contributed by atoms with Gasteiger partial charge >= 0.3 is 0 Å². The quantitative estimate of drug-likeness (QED) is 0.798. The Morgan fingerprint density at radius 2 is 2.05 bits per heavy atom. The van der Waals surface area contributed by atoms with Crippen LogP contribution in [0.3, 0.4) is 0 Å². The highest BCUT2D eigenvalue weighted by molar-refractivity contribution is 7.98. The summed E-state index contributed by atoms with van der Waals surface area (Å²) in [6.07, 6.45) is 3.50. The summed E-state index contributed by atoms with van der Waals surface area (Å²) in [6, 6.07) is 10.5. The predicted octanol–water partition coefficient (Wildman–Crippen LogP) is 2.32. The van der Waals surface area contributed by atoms with Crippen LogP contribution in [0.1, 0.15) is 5.56 Å². The maximum atomic E-state index is 12.3. The van der Waals surface area contributed by atoms with Crippen molar-refractivity contribution in [3.63, 3.8) is 0 Å². The molecule has 112 valence electrons. The zero-order chi connectivity index (χ0) is 15.3. The van der Waals surface area contributed by atoms with Gasteiger partial charge in [0.15, 0.2) is 5.03 Å². The Kier molecular flexibility index (Phi) is 5.22. The first-order chi connectivity index (χ1) is 10.0. The van der Waals surface area contributed by atoms with E-state index in [0.29, 0.717) is 12.2 Å². The lowest BCUT2D eigenvalue weighted by Crippen LogP contribution is -2.15. The van der Waals surface area contributed by atoms with E-state index in [1.54, 1.807) is 36.2 Å². The van der Waals surface area contributed by atoms with Crippen LogP contribution in [-0.4, -0.2) is 26.7 Å². The molecule has 0 unspecified atom stereocenters. The standard InChI is InChI=1S/C14H17N3O2S2/c1-15-9-11-6-7-14(16-10-11)21(18,19)17-12-4-3-5-13(8-12)20-2/h3-8,10,15,17H,9H2,1-2H3. The largest absolute Gasteiger partial charge is 0.316 e. The number of benzene rings is 1. The summed E-state index contributed by atoms with van der Waals surface area (Å²) in [5.74, 6) is 0. The first-order valence-electron chi connectivity index (χ1n) is 6.31. The van der Waals surface area contributed by atoms with E-state index >= 15 is 0 Å². The summed E-state index contributed by atoms with van der Waals surface area (Å²) in [4.78, 5) is 5.01. The SMILES string of the molecule is CNCc1ccc(S(=O)(=O)Nc2cccc(SC)c2)nc1. The van der Waals surface area contributed by atoms with Gasteiger partial charge in [0, 0.05) is 23.3 Å². The molecule has 0 amide bonds. The fourth-order valence-electron chi connectivity index (χ4n) is 1.77. The third-order valence-electron chi connectivity index (χ3n) is 2.78. The Morgan fingerprint density at radius 3 is 2.67 bits per heavy atom. The van der Waals surface area contributed by atoms with Gasteiger partial charge in [-0.1, -0.05) is 12.1 Å². The van der Waals surface area contributed by atoms with Crippen molar-refractivity contribution in [1.82, 2.24) is 10.3 Å². The van der Waals surface area contributed by atoms with Crippen LogP contribution in [0.25, 0.3) is 0 Å². The number of thioether (sulfide) groups is 1. The fraction of sp³-hybridized carbons (Fsp3) is 0.214. The number of sulfonamides is 1. The van der Waals surface area contributed by atoms with Crippen molar-refractivity contribution in [3.05, 3.63) is 48.2 Å². The van der Waals surface area contributed by atoms with Crippen molar-refractivity contribution in [2.24, 2.45) is 0 Å². The molecule has 0 spiro atoms. The molecule has 5 nitrogen and oxygen atoms in total. The topological polar surface area (TPSA) is 71.1 Å². The van der Waals surface area contributed by atoms with Gasteiger partial charge in [-0.3, -0.25) is 4.72 Å². The van der Waals surface area contributed by atoms with Gasteiger partial charge in [0.05, 0.1) is 0 Å². The summed E-state index contributed by atoms with van der Waals surface area (Å²) in [6.45, 7) is 0.649. The molecule has 2 rings (SSSR count). The zero-order valence-corrected chi connectivity index (χ0v) is 13.5. The molecule has 0 fully saturated rings. The van der Waals surface area contributed by atoms with Gasteiger partial charge in [-0.2, -0.15) is 8.42 Å². The van der Waals surface area contributed by atoms with Crippen molar-refractivity contribution in [2.75, 3.05) is 18.0 Å². The highest BCUT2D eigenvalue weighted by Gasteiger charge is 2.15. The molecule has 0 aliphatic rings. The highest BCUT2D eigenvalue weighted by atomic mass is 32.2. The van der Waals surface area contributed by atoms with Gasteiger partial charge in [-0.15, -0.1) is 11.8 Å². The third-order valence-corrected chi connectivity index (χ3v) is 4.80. The molecule has 1 aromatic heterocycles. The first-order valence-corrected chi connectivity index (χ1v) is 9.02. The van der Waals surface area contributed by atoms with E-state index in [1.807, 2.05) is 25.4 Å². The monoisotopic (exact) mass is 323 g/mol. The van der Waals surface area contributed by atoms with Gasteiger partial charge < -0.3 is 5.32 Å². The first kappa shape index (κ1) is 15.8. The van der Waals surface area contributed by atoms with E-state index < -0.39 is 10.0 Å². The lowest BCUT2D eigenvalue weighted by atomic mass is 10.3. The Bertz CT molecular complexity index is 700. The van der Waals surface area contributed by atoms with Gasteiger partial charge in [-0.05, 0) is 43.1 Å². The Hall–Kier alpha value is -1.57. The van der Waals surface area contributed by atoms with E-state index in [9.17, 15) is 8.42 Å². The molecule has 0 atom stereocenters. The van der Waals surface area contributed by atoms with Crippen molar-refractivity contribution in [2.45, 2.75) is 16.5 Å². The molecule has 1 heterocycles. The molecule has 0 radical (unpaired) electrons. The van der Waals surface area contributed by atoms with Gasteiger partial charge in [0.1, 0.15) is 0 Å². The minimum absolute atomic E-state index is 0.0110. The summed E-state index contributed by atoms with van der Waals surface area (Å²) in [7, 11) is -1.84. The number of hydrogen-bond donors (Lipinski definition) is 2. The molecule has 2 aromatic rings. The van der Waals surface area contributed by atoms with Crippen LogP contribution < -0.4 is 10.0 Å². The third kappa shape index (κ3) is 4.20. The van der Waals surface area contributed by atoms with Gasteiger partial charge in [-0.25, -0.2) is 4.98 Å². The maximum Gasteiger partial charge on any atom is 0.279 e. The molecular formula is C14H17N3O2S2. The number of aromatic nitrogens is 1. The molecule has 1 aromatic carbocycles. The molecule has 0 saturated carbocycles. The summed E-state index contributed by atoms with van der Waals surface area (Å²) < 4.78 is 27.1. The molecule has 0 bridgehead atoms. The van der Waals surface area contributed by atoms with Crippen LogP contribution >= 0.6 is 11.8 Å². The number of hydrogen-bond acceptors (Lipinski definition) is 5. The number of nitrogens with one attached hydrogen (secondary N) is 2. The minimum Gasteiger partial charge on any atom is -0.316 e. The highest BCUT2D eigenvalue weighted by Crippen LogP contribution is 2.21. The van der Waals surface area contributed by atoms with E-state index in [1.165, 1.54) is 6.07 Å². The normalized spacial score (nSPS) is 11.3. The molecular weight excluding hydrogens is 306 g/mol. The van der Waals surface area contributed by atoms with Crippen LogP contribution in [0.15, 0.2) is 52.5 Å². The van der Waals surface area contributed by atoms with Crippen LogP contribution in [0.4, 0.5) is 5.69 Å². The second-order valence-electron chi connectivity index (χ2n) is 4.37. The Morgan fingerprint density at radius 1 is 1.24 bits per heavy atom. The van der Waals surface area contributed by atoms with Gasteiger partial charge in [0.25, 0.3) is 10.0 Å². The summed E-state index contributed by atoms with van der Waals surface area (Å²) >= 11 is 1.55. The average molecular weight is 323 g/mol. The maximum absolute atomic E-state index is 12.3. The minimum atomic E-state index is -3.66. The molecule has 0 saturated heterocycles. The van der Waals surface area contributed by atoms with Crippen molar-refractivity contribution in [1.29, 1.82) is 0 Å².